The van der Waals surface area contributed by atoms with Crippen LogP contribution in [0.3, 0.4) is 0 Å². The molecule has 0 aliphatic carbocycles. The number of nitrogens with zero attached hydrogens (tertiary/aromatic N) is 3. The monoisotopic (exact) mass is 549 g/mol. The highest BCUT2D eigenvalue weighted by atomic mass is 31.3. The first-order chi connectivity index (χ1) is 15.5. The Morgan fingerprint density at radius 3 is 2.53 bits per heavy atom. The zero-order valence-electron chi connectivity index (χ0n) is 16.2. The lowest BCUT2D eigenvalue weighted by Gasteiger charge is -2.23. The molecule has 18 nitrogen and oxygen atoms in total. The molecule has 1 fully saturated rings. The lowest BCUT2D eigenvalue weighted by molar-refractivity contribution is -0.0496. The molecule has 1 aliphatic heterocycles. The largest absolute Gasteiger partial charge is 0.490 e. The summed E-state index contributed by atoms with van der Waals surface area (Å²) in [4.78, 5) is 57.3. The summed E-state index contributed by atoms with van der Waals surface area (Å²) in [6, 6.07) is 0. The van der Waals surface area contributed by atoms with E-state index in [1.807, 2.05) is 0 Å². The Morgan fingerprint density at radius 2 is 1.94 bits per heavy atom. The number of aromatic nitrogens is 4. The lowest BCUT2D eigenvalue weighted by Crippen LogP contribution is -2.42. The Hall–Kier alpha value is -2.03. The first kappa shape index (κ1) is 26.6. The summed E-state index contributed by atoms with van der Waals surface area (Å²) in [6.45, 7) is -1.20. The number of aromatic amines is 1. The van der Waals surface area contributed by atoms with Crippen molar-refractivity contribution in [3.8, 4) is 12.3 Å². The number of imidazole rings is 1. The van der Waals surface area contributed by atoms with Gasteiger partial charge >= 0.3 is 23.5 Å². The summed E-state index contributed by atoms with van der Waals surface area (Å²) < 4.78 is 66.9. The average molecular weight is 549 g/mol. The Morgan fingerprint density at radius 1 is 1.29 bits per heavy atom. The van der Waals surface area contributed by atoms with Gasteiger partial charge in [-0.25, -0.2) is 23.1 Å². The highest BCUT2D eigenvalue weighted by Gasteiger charge is 2.58. The molecule has 3 heterocycles. The molecule has 6 atom stereocenters. The van der Waals surface area contributed by atoms with E-state index in [1.165, 1.54) is 0 Å². The maximum Gasteiger partial charge on any atom is 0.490 e. The molecule has 0 aromatic carbocycles. The van der Waals surface area contributed by atoms with E-state index < -0.39 is 59.7 Å². The van der Waals surface area contributed by atoms with Gasteiger partial charge in [0, 0.05) is 0 Å². The number of ether oxygens (including phenoxy) is 1. The van der Waals surface area contributed by atoms with Crippen molar-refractivity contribution >= 4 is 40.6 Å². The number of terminal acetylenes is 1. The van der Waals surface area contributed by atoms with Gasteiger partial charge in [-0.2, -0.15) is 13.6 Å². The third kappa shape index (κ3) is 5.44. The Labute approximate surface area is 186 Å². The molecular formula is C12H15FN5O13P3. The highest BCUT2D eigenvalue weighted by molar-refractivity contribution is 7.66. The Balaban J connectivity index is 1.83. The molecule has 34 heavy (non-hydrogen) atoms. The molecule has 4 unspecified atom stereocenters. The number of nitrogen functional groups attached to an aromatic ring is 1. The first-order valence-corrected chi connectivity index (χ1v) is 13.0. The number of aliphatic hydroxyl groups is 1. The van der Waals surface area contributed by atoms with Crippen LogP contribution in [0, 0.1) is 12.3 Å². The molecule has 0 saturated carbocycles. The van der Waals surface area contributed by atoms with E-state index in [9.17, 15) is 28.5 Å². The molecule has 188 valence electrons. The number of anilines is 1. The van der Waals surface area contributed by atoms with Crippen molar-refractivity contribution in [3.05, 3.63) is 16.7 Å². The van der Waals surface area contributed by atoms with E-state index in [1.54, 1.807) is 5.92 Å². The van der Waals surface area contributed by atoms with Crippen LogP contribution in [0.1, 0.15) is 6.23 Å². The van der Waals surface area contributed by atoms with Gasteiger partial charge < -0.3 is 35.2 Å². The van der Waals surface area contributed by atoms with Crippen LogP contribution in [0.15, 0.2) is 11.1 Å². The minimum absolute atomic E-state index is 0.288. The molecule has 0 amide bonds. The molecule has 22 heteroatoms. The van der Waals surface area contributed by atoms with E-state index in [2.05, 4.69) is 28.1 Å². The standard InChI is InChI=1S/C12H15FN5O13P3/c1-2-12(13)7(19)5(3-28-33(24,25)31-34(26,27)30-32(21,22)23)29-10(12)18-4-15-6-8(18)16-11(14)17-9(6)20/h1,4-5,7,10,19H,3H2,(H,24,25)(H,26,27)(H2,21,22,23)(H3,14,16,17,20)/t5-,7?,10-,12?/m1/s1. The quantitative estimate of drug-likeness (QED) is 0.148. The van der Waals surface area contributed by atoms with Gasteiger partial charge in [0.2, 0.25) is 11.6 Å². The molecule has 0 bridgehead atoms. The number of nitrogens with one attached hydrogen (secondary N) is 1. The van der Waals surface area contributed by atoms with E-state index >= 15 is 4.39 Å². The zero-order valence-corrected chi connectivity index (χ0v) is 18.9. The molecule has 0 radical (unpaired) electrons. The molecule has 2 aromatic heterocycles. The fourth-order valence-electron chi connectivity index (χ4n) is 2.90. The van der Waals surface area contributed by atoms with E-state index in [0.29, 0.717) is 0 Å². The summed E-state index contributed by atoms with van der Waals surface area (Å²) in [6.07, 6.45) is 0.120. The molecule has 1 aliphatic rings. The topological polar surface area (TPSA) is 279 Å². The van der Waals surface area contributed by atoms with Crippen LogP contribution in [-0.2, 0) is 31.6 Å². The van der Waals surface area contributed by atoms with Crippen molar-refractivity contribution in [2.45, 2.75) is 24.1 Å². The summed E-state index contributed by atoms with van der Waals surface area (Å²) in [5, 5.41) is 10.3. The lowest BCUT2D eigenvalue weighted by atomic mass is 9.97. The van der Waals surface area contributed by atoms with Gasteiger partial charge in [0.25, 0.3) is 5.56 Å². The van der Waals surface area contributed by atoms with Crippen LogP contribution in [0.25, 0.3) is 11.2 Å². The summed E-state index contributed by atoms with van der Waals surface area (Å²) in [5.74, 6) is 1.30. The predicted octanol–water partition coefficient (Wildman–Crippen LogP) is -1.36. The molecule has 8 N–H and O–H groups in total. The molecule has 0 spiro atoms. The number of H-pyrrole nitrogens is 1. The van der Waals surface area contributed by atoms with E-state index in [-0.39, 0.29) is 17.1 Å². The van der Waals surface area contributed by atoms with Crippen LogP contribution in [0.4, 0.5) is 10.3 Å². The maximum atomic E-state index is 15.5. The average Bonchev–Trinajstić information content (AvgIpc) is 3.17. The fraction of sp³-hybridized carbons (Fsp3) is 0.417. The second kappa shape index (κ2) is 8.88. The number of fused-ring (bicyclic) bond motifs is 1. The van der Waals surface area contributed by atoms with Gasteiger partial charge in [-0.3, -0.25) is 18.9 Å². The summed E-state index contributed by atoms with van der Waals surface area (Å²) in [5.41, 5.74) is 1.06. The van der Waals surface area contributed by atoms with Gasteiger partial charge in [-0.05, 0) is 0 Å². The number of rotatable bonds is 8. The summed E-state index contributed by atoms with van der Waals surface area (Å²) in [7, 11) is -17.0. The zero-order chi connectivity index (χ0) is 25.7. The SMILES string of the molecule is C#CC1(F)C(O)[C@@H](COP(=O)(O)OP(=O)(O)OP(=O)(O)O)O[C@H]1n1cnc2c(=O)[nH]c(N)nc21. The van der Waals surface area contributed by atoms with Crippen molar-refractivity contribution in [3.63, 3.8) is 0 Å². The highest BCUT2D eigenvalue weighted by Crippen LogP contribution is 2.66. The van der Waals surface area contributed by atoms with Crippen molar-refractivity contribution in [1.29, 1.82) is 0 Å². The Kier molecular flexibility index (Phi) is 6.94. The number of nitrogens with two attached hydrogens (primary N) is 1. The van der Waals surface area contributed by atoms with E-state index in [0.717, 1.165) is 10.9 Å². The third-order valence-corrected chi connectivity index (χ3v) is 7.99. The predicted molar refractivity (Wildman–Crippen MR) is 105 cm³/mol. The molecular weight excluding hydrogens is 534 g/mol. The number of halogens is 1. The molecule has 2 aromatic rings. The van der Waals surface area contributed by atoms with Crippen molar-refractivity contribution in [1.82, 2.24) is 19.5 Å². The number of aliphatic hydroxyl groups excluding tert-OH is 1. The van der Waals surface area contributed by atoms with Crippen LogP contribution < -0.4 is 11.3 Å². The van der Waals surface area contributed by atoms with Gasteiger partial charge in [0.15, 0.2) is 17.4 Å². The van der Waals surface area contributed by atoms with Crippen LogP contribution in [0.2, 0.25) is 0 Å². The van der Waals surface area contributed by atoms with Crippen LogP contribution in [0.5, 0.6) is 0 Å². The maximum absolute atomic E-state index is 15.5. The van der Waals surface area contributed by atoms with Crippen molar-refractivity contribution in [2.24, 2.45) is 0 Å². The molecule has 3 rings (SSSR count). The minimum atomic E-state index is -5.81. The first-order valence-electron chi connectivity index (χ1n) is 8.49. The number of hydrogen-bond acceptors (Lipinski definition) is 12. The van der Waals surface area contributed by atoms with Crippen molar-refractivity contribution in [2.75, 3.05) is 12.3 Å². The second-order valence-corrected chi connectivity index (χ2v) is 11.0. The number of hydrogen-bond donors (Lipinski definition) is 7. The third-order valence-electron chi connectivity index (χ3n) is 4.19. The van der Waals surface area contributed by atoms with E-state index in [4.69, 9.17) is 31.6 Å². The van der Waals surface area contributed by atoms with Gasteiger partial charge in [0.1, 0.15) is 12.2 Å². The fourth-order valence-corrected chi connectivity index (χ4v) is 5.93. The minimum Gasteiger partial charge on any atom is -0.386 e. The van der Waals surface area contributed by atoms with Gasteiger partial charge in [-0.1, -0.05) is 5.92 Å². The smallest absolute Gasteiger partial charge is 0.386 e. The molecule has 1 saturated heterocycles. The number of phosphoric acid groups is 3. The van der Waals surface area contributed by atoms with Crippen LogP contribution >= 0.6 is 23.5 Å². The van der Waals surface area contributed by atoms with Crippen molar-refractivity contribution < 1.29 is 60.6 Å². The summed E-state index contributed by atoms with van der Waals surface area (Å²) >= 11 is 0. The van der Waals surface area contributed by atoms with Crippen LogP contribution in [-0.4, -0.2) is 68.7 Å². The Bertz CT molecular complexity index is 1350. The normalized spacial score (nSPS) is 28.9. The van der Waals surface area contributed by atoms with Gasteiger partial charge in [0.05, 0.1) is 12.9 Å². The second-order valence-electron chi connectivity index (χ2n) is 6.55. The van der Waals surface area contributed by atoms with Gasteiger partial charge in [-0.15, -0.1) is 6.42 Å². The number of alkyl halides is 1. The number of phosphoric ester groups is 1.